The van der Waals surface area contributed by atoms with Crippen molar-refractivity contribution in [3.8, 4) is 0 Å². The van der Waals surface area contributed by atoms with Crippen molar-refractivity contribution in [3.63, 3.8) is 0 Å². The number of rotatable bonds is 8. The highest BCUT2D eigenvalue weighted by molar-refractivity contribution is 4.64. The van der Waals surface area contributed by atoms with Gasteiger partial charge in [0.15, 0.2) is 0 Å². The topological polar surface area (TPSA) is 27.7 Å². The van der Waals surface area contributed by atoms with Crippen LogP contribution < -0.4 is 0 Å². The molecule has 0 bridgehead atoms. The Hall–Kier alpha value is -0.120. The Balaban J connectivity index is 1.78. The maximum Gasteiger partial charge on any atom is 0.0952 e. The van der Waals surface area contributed by atoms with E-state index in [9.17, 15) is 0 Å². The summed E-state index contributed by atoms with van der Waals surface area (Å²) in [7, 11) is 0. The second-order valence-corrected chi connectivity index (χ2v) is 5.86. The second kappa shape index (κ2) is 8.06. The molecule has 0 spiro atoms. The lowest BCUT2D eigenvalue weighted by Crippen LogP contribution is -2.19. The fourth-order valence-corrected chi connectivity index (χ4v) is 1.98. The van der Waals surface area contributed by atoms with Gasteiger partial charge in [-0.15, -0.1) is 0 Å². The summed E-state index contributed by atoms with van der Waals surface area (Å²) in [4.78, 5) is 10.4. The van der Waals surface area contributed by atoms with Gasteiger partial charge >= 0.3 is 0 Å². The lowest BCUT2D eigenvalue weighted by molar-refractivity contribution is -0.348. The summed E-state index contributed by atoms with van der Waals surface area (Å²) in [6.45, 7) is 7.66. The van der Waals surface area contributed by atoms with Gasteiger partial charge in [0, 0.05) is 6.61 Å². The van der Waals surface area contributed by atoms with E-state index in [-0.39, 0.29) is 5.60 Å². The number of ether oxygens (including phenoxy) is 1. The minimum atomic E-state index is -0.195. The van der Waals surface area contributed by atoms with Crippen molar-refractivity contribution in [2.75, 3.05) is 13.2 Å². The Morgan fingerprint density at radius 1 is 1.12 bits per heavy atom. The molecule has 1 unspecified atom stereocenters. The minimum Gasteiger partial charge on any atom is -0.378 e. The van der Waals surface area contributed by atoms with Crippen LogP contribution in [0.5, 0.6) is 0 Å². The van der Waals surface area contributed by atoms with E-state index in [2.05, 4.69) is 0 Å². The Labute approximate surface area is 106 Å². The van der Waals surface area contributed by atoms with Crippen molar-refractivity contribution in [1.29, 1.82) is 0 Å². The van der Waals surface area contributed by atoms with Gasteiger partial charge in [-0.25, -0.2) is 9.78 Å². The Bertz CT molecular complexity index is 180. The second-order valence-electron chi connectivity index (χ2n) is 5.86. The van der Waals surface area contributed by atoms with Crippen molar-refractivity contribution in [2.24, 2.45) is 0 Å². The van der Waals surface area contributed by atoms with E-state index < -0.39 is 0 Å². The van der Waals surface area contributed by atoms with Gasteiger partial charge in [-0.1, -0.05) is 19.3 Å². The highest BCUT2D eigenvalue weighted by Crippen LogP contribution is 2.18. The predicted octanol–water partition coefficient (Wildman–Crippen LogP) is 3.86. The van der Waals surface area contributed by atoms with Gasteiger partial charge in [0.25, 0.3) is 0 Å². The van der Waals surface area contributed by atoms with Gasteiger partial charge in [-0.05, 0) is 46.5 Å². The molecule has 0 aromatic rings. The third-order valence-electron chi connectivity index (χ3n) is 2.84. The van der Waals surface area contributed by atoms with Crippen molar-refractivity contribution in [3.05, 3.63) is 0 Å². The zero-order valence-electron chi connectivity index (χ0n) is 11.7. The largest absolute Gasteiger partial charge is 0.378 e. The number of unbranched alkanes of at least 4 members (excludes halogenated alkanes) is 3. The molecule has 0 amide bonds. The van der Waals surface area contributed by atoms with E-state index in [1.807, 2.05) is 20.8 Å². The molecule has 0 aromatic carbocycles. The minimum absolute atomic E-state index is 0.195. The highest BCUT2D eigenvalue weighted by Gasteiger charge is 2.14. The SMILES string of the molecule is CC(C)(C)OOCCCCCCC1CCCO1. The molecule has 3 nitrogen and oxygen atoms in total. The monoisotopic (exact) mass is 244 g/mol. The van der Waals surface area contributed by atoms with Crippen molar-refractivity contribution >= 4 is 0 Å². The summed E-state index contributed by atoms with van der Waals surface area (Å²) in [6, 6.07) is 0. The summed E-state index contributed by atoms with van der Waals surface area (Å²) < 4.78 is 5.59. The molecular weight excluding hydrogens is 216 g/mol. The van der Waals surface area contributed by atoms with E-state index in [0.717, 1.165) is 13.0 Å². The standard InChI is InChI=1S/C14H28O3/c1-14(2,3)17-16-12-7-5-4-6-9-13-10-8-11-15-13/h13H,4-12H2,1-3H3. The first-order valence-corrected chi connectivity index (χ1v) is 7.00. The molecule has 1 heterocycles. The van der Waals surface area contributed by atoms with E-state index in [1.165, 1.54) is 38.5 Å². The van der Waals surface area contributed by atoms with Gasteiger partial charge in [0.2, 0.25) is 0 Å². The molecule has 1 saturated heterocycles. The molecule has 0 aromatic heterocycles. The summed E-state index contributed by atoms with van der Waals surface area (Å²) in [5, 5.41) is 0. The molecule has 1 atom stereocenters. The highest BCUT2D eigenvalue weighted by atomic mass is 17.2. The van der Waals surface area contributed by atoms with Crippen LogP contribution in [0.3, 0.4) is 0 Å². The van der Waals surface area contributed by atoms with E-state index in [4.69, 9.17) is 14.5 Å². The molecule has 3 heteroatoms. The van der Waals surface area contributed by atoms with Crippen LogP contribution in [0.4, 0.5) is 0 Å². The van der Waals surface area contributed by atoms with Gasteiger partial charge < -0.3 is 4.74 Å². The van der Waals surface area contributed by atoms with Crippen LogP contribution in [0.25, 0.3) is 0 Å². The Morgan fingerprint density at radius 2 is 1.88 bits per heavy atom. The summed E-state index contributed by atoms with van der Waals surface area (Å²) in [5.41, 5.74) is -0.195. The zero-order chi connectivity index (χ0) is 12.6. The van der Waals surface area contributed by atoms with Crippen LogP contribution in [0.2, 0.25) is 0 Å². The zero-order valence-corrected chi connectivity index (χ0v) is 11.7. The first kappa shape index (κ1) is 14.9. The smallest absolute Gasteiger partial charge is 0.0952 e. The summed E-state index contributed by atoms with van der Waals surface area (Å²) in [6.07, 6.45) is 9.17. The normalized spacial score (nSPS) is 21.0. The molecule has 0 saturated carbocycles. The molecule has 1 aliphatic heterocycles. The van der Waals surface area contributed by atoms with E-state index in [1.54, 1.807) is 0 Å². The lowest BCUT2D eigenvalue weighted by Gasteiger charge is -2.17. The number of hydrogen-bond donors (Lipinski definition) is 0. The van der Waals surface area contributed by atoms with Crippen LogP contribution >= 0.6 is 0 Å². The third-order valence-corrected chi connectivity index (χ3v) is 2.84. The Kier molecular flexibility index (Phi) is 7.09. The van der Waals surface area contributed by atoms with Crippen LogP contribution in [0.15, 0.2) is 0 Å². The van der Waals surface area contributed by atoms with E-state index in [0.29, 0.717) is 12.7 Å². The van der Waals surface area contributed by atoms with Gasteiger partial charge in [-0.2, -0.15) is 0 Å². The van der Waals surface area contributed by atoms with E-state index >= 15 is 0 Å². The van der Waals surface area contributed by atoms with Crippen molar-refractivity contribution < 1.29 is 14.5 Å². The third kappa shape index (κ3) is 8.58. The van der Waals surface area contributed by atoms with Crippen LogP contribution in [-0.2, 0) is 14.5 Å². The molecule has 1 aliphatic rings. The maximum atomic E-state index is 5.59. The molecular formula is C14H28O3. The van der Waals surface area contributed by atoms with Gasteiger partial charge in [0.1, 0.15) is 0 Å². The number of hydrogen-bond acceptors (Lipinski definition) is 3. The summed E-state index contributed by atoms with van der Waals surface area (Å²) in [5.74, 6) is 0. The average molecular weight is 244 g/mol. The Morgan fingerprint density at radius 3 is 2.53 bits per heavy atom. The predicted molar refractivity (Wildman–Crippen MR) is 68.8 cm³/mol. The first-order chi connectivity index (χ1) is 8.08. The van der Waals surface area contributed by atoms with Crippen LogP contribution in [0.1, 0.15) is 65.7 Å². The quantitative estimate of drug-likeness (QED) is 0.368. The molecule has 1 fully saturated rings. The average Bonchev–Trinajstić information content (AvgIpc) is 2.73. The van der Waals surface area contributed by atoms with Crippen LogP contribution in [-0.4, -0.2) is 24.9 Å². The maximum absolute atomic E-state index is 5.59. The van der Waals surface area contributed by atoms with Crippen molar-refractivity contribution in [1.82, 2.24) is 0 Å². The molecule has 102 valence electrons. The van der Waals surface area contributed by atoms with Crippen LogP contribution in [0, 0.1) is 0 Å². The van der Waals surface area contributed by atoms with Crippen molar-refractivity contribution in [2.45, 2.75) is 77.4 Å². The molecule has 0 aliphatic carbocycles. The van der Waals surface area contributed by atoms with Gasteiger partial charge in [-0.3, -0.25) is 0 Å². The first-order valence-electron chi connectivity index (χ1n) is 7.00. The fraction of sp³-hybridized carbons (Fsp3) is 1.00. The fourth-order valence-electron chi connectivity index (χ4n) is 1.98. The molecule has 17 heavy (non-hydrogen) atoms. The lowest BCUT2D eigenvalue weighted by atomic mass is 10.1. The molecule has 1 rings (SSSR count). The molecule has 0 radical (unpaired) electrons. The molecule has 0 N–H and O–H groups in total. The summed E-state index contributed by atoms with van der Waals surface area (Å²) >= 11 is 0. The van der Waals surface area contributed by atoms with Gasteiger partial charge in [0.05, 0.1) is 18.3 Å².